The summed E-state index contributed by atoms with van der Waals surface area (Å²) in [5.74, 6) is 0. The van der Waals surface area contributed by atoms with Crippen molar-refractivity contribution in [2.24, 2.45) is 5.73 Å². The molecule has 19 heavy (non-hydrogen) atoms. The summed E-state index contributed by atoms with van der Waals surface area (Å²) in [4.78, 5) is 2.41. The molecule has 3 rings (SSSR count). The standard InChI is InChI=1S/C16H24N2O/c1-16(2)8-7-14(19-16)11-18-10-13(17)9-12-5-3-4-6-15(12)18/h3-6,13-14H,7-11,17H2,1-2H3. The van der Waals surface area contributed by atoms with E-state index in [0.29, 0.717) is 6.10 Å². The summed E-state index contributed by atoms with van der Waals surface area (Å²) in [5, 5.41) is 0. The SMILES string of the molecule is CC1(C)CCC(CN2CC(N)Cc3ccccc32)O1. The lowest BCUT2D eigenvalue weighted by molar-refractivity contribution is -0.0117. The first kappa shape index (κ1) is 12.9. The van der Waals surface area contributed by atoms with Crippen LogP contribution in [0.1, 0.15) is 32.3 Å². The minimum absolute atomic E-state index is 0.0437. The van der Waals surface area contributed by atoms with Gasteiger partial charge in [0.05, 0.1) is 11.7 Å². The summed E-state index contributed by atoms with van der Waals surface area (Å²) in [5.41, 5.74) is 8.95. The maximum Gasteiger partial charge on any atom is 0.0758 e. The molecule has 0 spiro atoms. The second-order valence-corrected chi connectivity index (χ2v) is 6.54. The number of rotatable bonds is 2. The first-order chi connectivity index (χ1) is 9.03. The molecule has 2 aliphatic heterocycles. The zero-order chi connectivity index (χ0) is 13.5. The molecule has 1 fully saturated rings. The molecule has 0 amide bonds. The summed E-state index contributed by atoms with van der Waals surface area (Å²) >= 11 is 0. The lowest BCUT2D eigenvalue weighted by Crippen LogP contribution is -2.46. The molecule has 2 aliphatic rings. The predicted octanol–water partition coefficient (Wildman–Crippen LogP) is 2.33. The molecule has 1 saturated heterocycles. The number of para-hydroxylation sites is 1. The molecule has 2 N–H and O–H groups in total. The van der Waals surface area contributed by atoms with Gasteiger partial charge in [-0.1, -0.05) is 18.2 Å². The molecule has 104 valence electrons. The van der Waals surface area contributed by atoms with Crippen LogP contribution in [0.3, 0.4) is 0 Å². The van der Waals surface area contributed by atoms with E-state index < -0.39 is 0 Å². The van der Waals surface area contributed by atoms with Crippen LogP contribution in [0, 0.1) is 0 Å². The highest BCUT2D eigenvalue weighted by Crippen LogP contribution is 2.32. The van der Waals surface area contributed by atoms with Gasteiger partial charge in [0.1, 0.15) is 0 Å². The van der Waals surface area contributed by atoms with Crippen LogP contribution < -0.4 is 10.6 Å². The molecule has 0 bridgehead atoms. The number of hydrogen-bond donors (Lipinski definition) is 1. The molecule has 0 aromatic heterocycles. The first-order valence-electron chi connectivity index (χ1n) is 7.30. The van der Waals surface area contributed by atoms with Gasteiger partial charge >= 0.3 is 0 Å². The van der Waals surface area contributed by atoms with Crippen LogP contribution in [0.5, 0.6) is 0 Å². The Hall–Kier alpha value is -1.06. The van der Waals surface area contributed by atoms with Gasteiger partial charge in [-0.2, -0.15) is 0 Å². The molecule has 0 radical (unpaired) electrons. The van der Waals surface area contributed by atoms with Crippen molar-refractivity contribution in [2.45, 2.75) is 50.9 Å². The zero-order valence-corrected chi connectivity index (χ0v) is 11.9. The molecule has 3 nitrogen and oxygen atoms in total. The van der Waals surface area contributed by atoms with Gasteiger partial charge in [0.25, 0.3) is 0 Å². The Morgan fingerprint density at radius 1 is 1.37 bits per heavy atom. The third-order valence-corrected chi connectivity index (χ3v) is 4.25. The monoisotopic (exact) mass is 260 g/mol. The summed E-state index contributed by atoms with van der Waals surface area (Å²) < 4.78 is 6.12. The number of fused-ring (bicyclic) bond motifs is 1. The Bertz CT molecular complexity index is 458. The van der Waals surface area contributed by atoms with Gasteiger partial charge in [-0.15, -0.1) is 0 Å². The summed E-state index contributed by atoms with van der Waals surface area (Å²) in [6.45, 7) is 6.28. The van der Waals surface area contributed by atoms with E-state index in [1.165, 1.54) is 11.3 Å². The number of ether oxygens (including phenoxy) is 1. The van der Waals surface area contributed by atoms with Crippen molar-refractivity contribution < 1.29 is 4.74 Å². The van der Waals surface area contributed by atoms with Gasteiger partial charge in [-0.3, -0.25) is 0 Å². The topological polar surface area (TPSA) is 38.5 Å². The number of benzene rings is 1. The van der Waals surface area contributed by atoms with E-state index in [0.717, 1.165) is 32.4 Å². The van der Waals surface area contributed by atoms with Crippen LogP contribution >= 0.6 is 0 Å². The molecule has 0 saturated carbocycles. The lowest BCUT2D eigenvalue weighted by Gasteiger charge is -2.36. The molecule has 2 atom stereocenters. The van der Waals surface area contributed by atoms with Gasteiger partial charge in [-0.05, 0) is 44.7 Å². The lowest BCUT2D eigenvalue weighted by atomic mass is 9.98. The number of nitrogens with two attached hydrogens (primary N) is 1. The minimum Gasteiger partial charge on any atom is -0.371 e. The van der Waals surface area contributed by atoms with E-state index in [4.69, 9.17) is 10.5 Å². The Morgan fingerprint density at radius 2 is 2.16 bits per heavy atom. The van der Waals surface area contributed by atoms with E-state index in [1.807, 2.05) is 0 Å². The molecule has 0 aliphatic carbocycles. The fourth-order valence-corrected chi connectivity index (χ4v) is 3.35. The molecule has 2 unspecified atom stereocenters. The fourth-order valence-electron chi connectivity index (χ4n) is 3.35. The van der Waals surface area contributed by atoms with Gasteiger partial charge in [0, 0.05) is 24.8 Å². The van der Waals surface area contributed by atoms with Crippen molar-refractivity contribution in [3.63, 3.8) is 0 Å². The molecule has 2 heterocycles. The Balaban J connectivity index is 1.75. The third-order valence-electron chi connectivity index (χ3n) is 4.25. The number of hydrogen-bond acceptors (Lipinski definition) is 3. The highest BCUT2D eigenvalue weighted by molar-refractivity contribution is 5.56. The second kappa shape index (κ2) is 4.80. The van der Waals surface area contributed by atoms with Crippen LogP contribution in [-0.2, 0) is 11.2 Å². The van der Waals surface area contributed by atoms with E-state index in [9.17, 15) is 0 Å². The third kappa shape index (κ3) is 2.77. The maximum absolute atomic E-state index is 6.19. The molecular weight excluding hydrogens is 236 g/mol. The average Bonchev–Trinajstić information content (AvgIpc) is 2.68. The van der Waals surface area contributed by atoms with Crippen molar-refractivity contribution in [1.82, 2.24) is 0 Å². The van der Waals surface area contributed by atoms with Crippen molar-refractivity contribution in [3.05, 3.63) is 29.8 Å². The average molecular weight is 260 g/mol. The largest absolute Gasteiger partial charge is 0.371 e. The van der Waals surface area contributed by atoms with Crippen LogP contribution in [0.2, 0.25) is 0 Å². The fraction of sp³-hybridized carbons (Fsp3) is 0.625. The number of anilines is 1. The summed E-state index contributed by atoms with van der Waals surface area (Å²) in [6.07, 6.45) is 3.64. The normalized spacial score (nSPS) is 29.3. The predicted molar refractivity (Wildman–Crippen MR) is 78.5 cm³/mol. The van der Waals surface area contributed by atoms with Crippen LogP contribution in [0.25, 0.3) is 0 Å². The minimum atomic E-state index is 0.0437. The van der Waals surface area contributed by atoms with E-state index in [1.54, 1.807) is 0 Å². The molecule has 3 heteroatoms. The summed E-state index contributed by atoms with van der Waals surface area (Å²) in [7, 11) is 0. The van der Waals surface area contributed by atoms with Gasteiger partial charge in [0.2, 0.25) is 0 Å². The van der Waals surface area contributed by atoms with Crippen LogP contribution in [-0.4, -0.2) is 30.8 Å². The van der Waals surface area contributed by atoms with Crippen molar-refractivity contribution in [2.75, 3.05) is 18.0 Å². The van der Waals surface area contributed by atoms with Gasteiger partial charge in [-0.25, -0.2) is 0 Å². The van der Waals surface area contributed by atoms with E-state index >= 15 is 0 Å². The van der Waals surface area contributed by atoms with Crippen molar-refractivity contribution in [1.29, 1.82) is 0 Å². The smallest absolute Gasteiger partial charge is 0.0758 e. The van der Waals surface area contributed by atoms with E-state index in [-0.39, 0.29) is 11.6 Å². The van der Waals surface area contributed by atoms with E-state index in [2.05, 4.69) is 43.0 Å². The Kier molecular flexibility index (Phi) is 3.27. The van der Waals surface area contributed by atoms with Gasteiger partial charge in [0.15, 0.2) is 0 Å². The second-order valence-electron chi connectivity index (χ2n) is 6.54. The quantitative estimate of drug-likeness (QED) is 0.887. The number of nitrogens with zero attached hydrogens (tertiary/aromatic N) is 1. The summed E-state index contributed by atoms with van der Waals surface area (Å²) in [6, 6.07) is 8.86. The highest BCUT2D eigenvalue weighted by atomic mass is 16.5. The maximum atomic E-state index is 6.19. The Labute approximate surface area is 115 Å². The zero-order valence-electron chi connectivity index (χ0n) is 11.9. The van der Waals surface area contributed by atoms with Crippen molar-refractivity contribution >= 4 is 5.69 Å². The molecular formula is C16H24N2O. The Morgan fingerprint density at radius 3 is 2.89 bits per heavy atom. The highest BCUT2D eigenvalue weighted by Gasteiger charge is 2.33. The molecule has 1 aromatic rings. The van der Waals surface area contributed by atoms with Crippen molar-refractivity contribution in [3.8, 4) is 0 Å². The van der Waals surface area contributed by atoms with Crippen LogP contribution in [0.15, 0.2) is 24.3 Å². The van der Waals surface area contributed by atoms with Gasteiger partial charge < -0.3 is 15.4 Å². The van der Waals surface area contributed by atoms with Crippen LogP contribution in [0.4, 0.5) is 5.69 Å². The first-order valence-corrected chi connectivity index (χ1v) is 7.30. The molecule has 1 aromatic carbocycles.